The summed E-state index contributed by atoms with van der Waals surface area (Å²) in [7, 11) is 0. The second kappa shape index (κ2) is 5.76. The molecule has 1 aliphatic heterocycles. The Morgan fingerprint density at radius 3 is 2.85 bits per heavy atom. The molecule has 1 heterocycles. The first kappa shape index (κ1) is 13.9. The van der Waals surface area contributed by atoms with Crippen LogP contribution in [0.2, 0.25) is 5.02 Å². The summed E-state index contributed by atoms with van der Waals surface area (Å²) in [4.78, 5) is 0. The van der Waals surface area contributed by atoms with Crippen LogP contribution in [-0.2, 0) is 12.8 Å². The summed E-state index contributed by atoms with van der Waals surface area (Å²) in [5.74, 6) is 0.874. The molecule has 0 aromatic heterocycles. The SMILES string of the molecule is OC(Cc1ccc(Br)cc1Cl)C1Cc2ccccc2O1. The van der Waals surface area contributed by atoms with E-state index in [0.29, 0.717) is 11.4 Å². The number of rotatable bonds is 3. The molecule has 3 rings (SSSR count). The van der Waals surface area contributed by atoms with Gasteiger partial charge in [0.05, 0.1) is 6.10 Å². The number of halogens is 2. The van der Waals surface area contributed by atoms with Crippen LogP contribution in [0, 0.1) is 0 Å². The van der Waals surface area contributed by atoms with E-state index < -0.39 is 6.10 Å². The first-order chi connectivity index (χ1) is 9.63. The topological polar surface area (TPSA) is 29.5 Å². The van der Waals surface area contributed by atoms with E-state index >= 15 is 0 Å². The lowest BCUT2D eigenvalue weighted by molar-refractivity contribution is 0.0503. The zero-order valence-corrected chi connectivity index (χ0v) is 13.1. The second-order valence-corrected chi connectivity index (χ2v) is 6.30. The number of aliphatic hydroxyl groups is 1. The summed E-state index contributed by atoms with van der Waals surface area (Å²) in [6, 6.07) is 13.6. The molecule has 0 radical (unpaired) electrons. The highest BCUT2D eigenvalue weighted by Gasteiger charge is 2.29. The van der Waals surface area contributed by atoms with Gasteiger partial charge in [0, 0.05) is 22.3 Å². The molecule has 0 aliphatic carbocycles. The average Bonchev–Trinajstić information content (AvgIpc) is 2.86. The molecule has 0 bridgehead atoms. The van der Waals surface area contributed by atoms with Crippen molar-refractivity contribution in [3.05, 3.63) is 63.1 Å². The fourth-order valence-electron chi connectivity index (χ4n) is 2.47. The fraction of sp³-hybridized carbons (Fsp3) is 0.250. The molecule has 1 aliphatic rings. The Bertz CT molecular complexity index is 605. The van der Waals surface area contributed by atoms with E-state index in [1.165, 1.54) is 0 Å². The molecule has 104 valence electrons. The van der Waals surface area contributed by atoms with Crippen molar-refractivity contribution >= 4 is 27.5 Å². The van der Waals surface area contributed by atoms with Crippen molar-refractivity contribution in [2.75, 3.05) is 0 Å². The van der Waals surface area contributed by atoms with Crippen LogP contribution in [0.5, 0.6) is 5.75 Å². The first-order valence-corrected chi connectivity index (χ1v) is 7.67. The molecule has 2 aromatic rings. The maximum absolute atomic E-state index is 10.4. The van der Waals surface area contributed by atoms with Crippen LogP contribution in [0.1, 0.15) is 11.1 Å². The molecular formula is C16H14BrClO2. The monoisotopic (exact) mass is 352 g/mol. The molecule has 20 heavy (non-hydrogen) atoms. The van der Waals surface area contributed by atoms with Crippen molar-refractivity contribution in [2.24, 2.45) is 0 Å². The van der Waals surface area contributed by atoms with E-state index in [2.05, 4.69) is 15.9 Å². The van der Waals surface area contributed by atoms with Gasteiger partial charge in [-0.1, -0.05) is 51.8 Å². The Balaban J connectivity index is 1.70. The molecule has 2 unspecified atom stereocenters. The smallest absolute Gasteiger partial charge is 0.129 e. The van der Waals surface area contributed by atoms with Crippen LogP contribution >= 0.6 is 27.5 Å². The van der Waals surface area contributed by atoms with E-state index in [1.54, 1.807) is 0 Å². The molecule has 1 N–H and O–H groups in total. The van der Waals surface area contributed by atoms with Crippen molar-refractivity contribution in [3.8, 4) is 5.75 Å². The van der Waals surface area contributed by atoms with Crippen LogP contribution in [0.25, 0.3) is 0 Å². The highest BCUT2D eigenvalue weighted by atomic mass is 79.9. The maximum atomic E-state index is 10.4. The Hall–Kier alpha value is -1.03. The molecule has 0 amide bonds. The lowest BCUT2D eigenvalue weighted by Crippen LogP contribution is -2.32. The number of hydrogen-bond donors (Lipinski definition) is 1. The van der Waals surface area contributed by atoms with E-state index in [9.17, 15) is 5.11 Å². The zero-order chi connectivity index (χ0) is 14.1. The van der Waals surface area contributed by atoms with Gasteiger partial charge < -0.3 is 9.84 Å². The van der Waals surface area contributed by atoms with Gasteiger partial charge in [-0.2, -0.15) is 0 Å². The number of para-hydroxylation sites is 1. The predicted molar refractivity (Wildman–Crippen MR) is 83.4 cm³/mol. The molecule has 2 aromatic carbocycles. The Morgan fingerprint density at radius 1 is 1.30 bits per heavy atom. The molecule has 0 spiro atoms. The molecule has 4 heteroatoms. The first-order valence-electron chi connectivity index (χ1n) is 6.50. The average molecular weight is 354 g/mol. The van der Waals surface area contributed by atoms with Crippen molar-refractivity contribution in [1.29, 1.82) is 0 Å². The van der Waals surface area contributed by atoms with Gasteiger partial charge in [-0.15, -0.1) is 0 Å². The van der Waals surface area contributed by atoms with Gasteiger partial charge in [0.2, 0.25) is 0 Å². The van der Waals surface area contributed by atoms with Gasteiger partial charge >= 0.3 is 0 Å². The standard InChI is InChI=1S/C16H14BrClO2/c17-12-6-5-10(13(18)9-12)7-14(19)16-8-11-3-1-2-4-15(11)20-16/h1-6,9,14,16,19H,7-8H2. The number of benzene rings is 2. The number of fused-ring (bicyclic) bond motifs is 1. The van der Waals surface area contributed by atoms with Gasteiger partial charge in [0.25, 0.3) is 0 Å². The fourth-order valence-corrected chi connectivity index (χ4v) is 3.22. The van der Waals surface area contributed by atoms with Crippen molar-refractivity contribution < 1.29 is 9.84 Å². The second-order valence-electron chi connectivity index (χ2n) is 4.98. The molecule has 0 fully saturated rings. The highest BCUT2D eigenvalue weighted by molar-refractivity contribution is 9.10. The van der Waals surface area contributed by atoms with Gasteiger partial charge in [-0.3, -0.25) is 0 Å². The van der Waals surface area contributed by atoms with Crippen LogP contribution in [-0.4, -0.2) is 17.3 Å². The van der Waals surface area contributed by atoms with E-state index in [4.69, 9.17) is 16.3 Å². The third kappa shape index (κ3) is 2.85. The number of aliphatic hydroxyl groups excluding tert-OH is 1. The van der Waals surface area contributed by atoms with Crippen LogP contribution in [0.3, 0.4) is 0 Å². The van der Waals surface area contributed by atoms with Gasteiger partial charge in [0.1, 0.15) is 11.9 Å². The van der Waals surface area contributed by atoms with Crippen molar-refractivity contribution in [2.45, 2.75) is 25.0 Å². The summed E-state index contributed by atoms with van der Waals surface area (Å²) < 4.78 is 6.74. The summed E-state index contributed by atoms with van der Waals surface area (Å²) in [6.07, 6.45) is 0.462. The molecule has 2 atom stereocenters. The summed E-state index contributed by atoms with van der Waals surface area (Å²) >= 11 is 9.56. The number of ether oxygens (including phenoxy) is 1. The van der Waals surface area contributed by atoms with Crippen LogP contribution in [0.4, 0.5) is 0 Å². The Kier molecular flexibility index (Phi) is 4.01. The normalized spacial score (nSPS) is 18.4. The molecule has 0 saturated carbocycles. The molecule has 2 nitrogen and oxygen atoms in total. The summed E-state index contributed by atoms with van der Waals surface area (Å²) in [5.41, 5.74) is 2.08. The third-order valence-corrected chi connectivity index (χ3v) is 4.39. The highest BCUT2D eigenvalue weighted by Crippen LogP contribution is 2.31. The van der Waals surface area contributed by atoms with E-state index in [-0.39, 0.29) is 6.10 Å². The molecule has 0 saturated heterocycles. The maximum Gasteiger partial charge on any atom is 0.129 e. The van der Waals surface area contributed by atoms with Gasteiger partial charge in [-0.25, -0.2) is 0 Å². The van der Waals surface area contributed by atoms with Gasteiger partial charge in [-0.05, 0) is 29.3 Å². The largest absolute Gasteiger partial charge is 0.487 e. The number of hydrogen-bond acceptors (Lipinski definition) is 2. The minimum absolute atomic E-state index is 0.202. The van der Waals surface area contributed by atoms with Crippen molar-refractivity contribution in [1.82, 2.24) is 0 Å². The summed E-state index contributed by atoms with van der Waals surface area (Å²) in [6.45, 7) is 0. The van der Waals surface area contributed by atoms with E-state index in [0.717, 1.165) is 27.8 Å². The van der Waals surface area contributed by atoms with Gasteiger partial charge in [0.15, 0.2) is 0 Å². The summed E-state index contributed by atoms with van der Waals surface area (Å²) in [5, 5.41) is 11.0. The lowest BCUT2D eigenvalue weighted by atomic mass is 10.0. The lowest BCUT2D eigenvalue weighted by Gasteiger charge is -2.18. The predicted octanol–water partition coefficient (Wildman–Crippen LogP) is 4.01. The Labute approximate surface area is 131 Å². The van der Waals surface area contributed by atoms with Crippen LogP contribution < -0.4 is 4.74 Å². The van der Waals surface area contributed by atoms with E-state index in [1.807, 2.05) is 42.5 Å². The Morgan fingerprint density at radius 2 is 2.10 bits per heavy atom. The zero-order valence-electron chi connectivity index (χ0n) is 10.7. The van der Waals surface area contributed by atoms with Crippen molar-refractivity contribution in [3.63, 3.8) is 0 Å². The third-order valence-electron chi connectivity index (χ3n) is 3.55. The quantitative estimate of drug-likeness (QED) is 0.903. The molecular weight excluding hydrogens is 340 g/mol. The van der Waals surface area contributed by atoms with Crippen LogP contribution in [0.15, 0.2) is 46.9 Å². The minimum Gasteiger partial charge on any atom is -0.487 e. The minimum atomic E-state index is -0.568.